The number of nitrogens with zero attached hydrogens (tertiary/aromatic N) is 1. The third-order valence-corrected chi connectivity index (χ3v) is 6.96. The van der Waals surface area contributed by atoms with E-state index in [1.165, 1.54) is 14.0 Å². The number of aromatic nitrogens is 1. The number of H-pyrrole nitrogens is 1. The molecule has 1 aromatic heterocycles. The number of carbonyl (C=O) groups excluding carboxylic acids is 4. The lowest BCUT2D eigenvalue weighted by atomic mass is 10.1. The third-order valence-electron chi connectivity index (χ3n) is 5.45. The van der Waals surface area contributed by atoms with E-state index in [0.29, 0.717) is 35.4 Å². The molecule has 9 heteroatoms. The van der Waals surface area contributed by atoms with Crippen molar-refractivity contribution in [1.82, 2.24) is 9.88 Å². The highest BCUT2D eigenvalue weighted by atomic mass is 32.2. The van der Waals surface area contributed by atoms with Crippen molar-refractivity contribution in [2.24, 2.45) is 0 Å². The van der Waals surface area contributed by atoms with Gasteiger partial charge in [-0.25, -0.2) is 9.59 Å². The molecule has 0 bridgehead atoms. The fraction of sp³-hybridized carbons (Fsp3) is 0.579. The zero-order valence-electron chi connectivity index (χ0n) is 16.6. The quantitative estimate of drug-likeness (QED) is 0.587. The van der Waals surface area contributed by atoms with Gasteiger partial charge in [-0.2, -0.15) is 0 Å². The number of aryl methyl sites for hydroxylation is 1. The van der Waals surface area contributed by atoms with E-state index in [9.17, 15) is 19.2 Å². The van der Waals surface area contributed by atoms with Crippen molar-refractivity contribution in [3.05, 3.63) is 22.5 Å². The van der Waals surface area contributed by atoms with Crippen molar-refractivity contribution in [2.45, 2.75) is 57.6 Å². The largest absolute Gasteiger partial charge is 0.465 e. The molecule has 3 rings (SSSR count). The summed E-state index contributed by atoms with van der Waals surface area (Å²) in [6, 6.07) is -0.683. The molecule has 2 fully saturated rings. The molecule has 0 saturated carbocycles. The number of hydrogen-bond acceptors (Lipinski definition) is 7. The highest BCUT2D eigenvalue weighted by Crippen LogP contribution is 2.47. The lowest BCUT2D eigenvalue weighted by Gasteiger charge is -2.29. The minimum absolute atomic E-state index is 0.0630. The standard InChI is InChI=1S/C19H24N2O6S/c1-9-14(18(25)26-5)10(2)20-15(9)16(23)11(3)27-17(24)12-8-28-19(4)7-6-13(22)21(12)19/h11-12,20H,6-8H2,1-5H3/t11-,12-,19+/m1/s1. The minimum atomic E-state index is -1.05. The van der Waals surface area contributed by atoms with E-state index in [2.05, 4.69) is 4.98 Å². The lowest BCUT2D eigenvalue weighted by molar-refractivity contribution is -0.155. The maximum absolute atomic E-state index is 12.8. The predicted molar refractivity (Wildman–Crippen MR) is 102 cm³/mol. The van der Waals surface area contributed by atoms with Crippen LogP contribution in [0.5, 0.6) is 0 Å². The van der Waals surface area contributed by atoms with E-state index in [-0.39, 0.29) is 16.5 Å². The molecule has 2 aliphatic heterocycles. The molecule has 0 radical (unpaired) electrons. The number of Topliss-reactive ketones (excluding diaryl/α,β-unsaturated/α-hetero) is 1. The molecule has 1 aromatic rings. The topological polar surface area (TPSA) is 106 Å². The summed E-state index contributed by atoms with van der Waals surface area (Å²) in [6.45, 7) is 6.74. The van der Waals surface area contributed by atoms with Crippen LogP contribution in [0.4, 0.5) is 0 Å². The maximum Gasteiger partial charge on any atom is 0.339 e. The van der Waals surface area contributed by atoms with Crippen LogP contribution >= 0.6 is 11.8 Å². The summed E-state index contributed by atoms with van der Waals surface area (Å²) in [5.41, 5.74) is 1.48. The molecule has 1 amide bonds. The molecular formula is C19H24N2O6S. The van der Waals surface area contributed by atoms with Gasteiger partial charge in [0, 0.05) is 17.9 Å². The summed E-state index contributed by atoms with van der Waals surface area (Å²) in [7, 11) is 1.27. The molecule has 2 saturated heterocycles. The Labute approximate surface area is 167 Å². The number of hydrogen-bond donors (Lipinski definition) is 1. The van der Waals surface area contributed by atoms with Crippen LogP contribution in [0.1, 0.15) is 58.8 Å². The molecule has 1 N–H and O–H groups in total. The number of esters is 2. The Morgan fingerprint density at radius 1 is 1.32 bits per heavy atom. The molecule has 3 atom stereocenters. The van der Waals surface area contributed by atoms with Crippen LogP contribution in [-0.2, 0) is 19.1 Å². The normalized spacial score (nSPS) is 24.8. The second-order valence-electron chi connectivity index (χ2n) is 7.33. The number of rotatable bonds is 5. The summed E-state index contributed by atoms with van der Waals surface area (Å²) in [5.74, 6) is -1.17. The fourth-order valence-electron chi connectivity index (χ4n) is 3.91. The Bertz CT molecular complexity index is 863. The third kappa shape index (κ3) is 3.21. The summed E-state index contributed by atoms with van der Waals surface area (Å²) in [5, 5.41) is 0. The van der Waals surface area contributed by atoms with Gasteiger partial charge in [0.05, 0.1) is 23.2 Å². The second-order valence-corrected chi connectivity index (χ2v) is 8.83. The number of methoxy groups -OCH3 is 1. The predicted octanol–water partition coefficient (Wildman–Crippen LogP) is 1.99. The number of thioether (sulfide) groups is 1. The van der Waals surface area contributed by atoms with Crippen LogP contribution in [0, 0.1) is 13.8 Å². The SMILES string of the molecule is COC(=O)c1c(C)[nH]c(C(=O)[C@@H](C)OC(=O)[C@H]2CS[C@@]3(C)CCC(=O)N23)c1C. The highest BCUT2D eigenvalue weighted by Gasteiger charge is 2.53. The van der Waals surface area contributed by atoms with Crippen molar-refractivity contribution in [2.75, 3.05) is 12.9 Å². The minimum Gasteiger partial charge on any atom is -0.465 e. The van der Waals surface area contributed by atoms with Gasteiger partial charge >= 0.3 is 11.9 Å². The van der Waals surface area contributed by atoms with Crippen LogP contribution in [0.3, 0.4) is 0 Å². The van der Waals surface area contributed by atoms with Crippen molar-refractivity contribution in [3.63, 3.8) is 0 Å². The van der Waals surface area contributed by atoms with Crippen LogP contribution in [0.2, 0.25) is 0 Å². The van der Waals surface area contributed by atoms with E-state index in [1.54, 1.807) is 30.5 Å². The monoisotopic (exact) mass is 408 g/mol. The Kier molecular flexibility index (Phi) is 5.31. The van der Waals surface area contributed by atoms with Gasteiger partial charge < -0.3 is 19.4 Å². The Hall–Kier alpha value is -2.29. The van der Waals surface area contributed by atoms with Gasteiger partial charge in [-0.05, 0) is 39.7 Å². The summed E-state index contributed by atoms with van der Waals surface area (Å²) >= 11 is 1.56. The Morgan fingerprint density at radius 3 is 2.64 bits per heavy atom. The summed E-state index contributed by atoms with van der Waals surface area (Å²) < 4.78 is 10.2. The molecule has 2 aliphatic rings. The van der Waals surface area contributed by atoms with E-state index < -0.39 is 29.9 Å². The molecule has 152 valence electrons. The zero-order chi connectivity index (χ0) is 20.8. The van der Waals surface area contributed by atoms with Crippen LogP contribution in [-0.4, -0.2) is 63.4 Å². The molecule has 0 aliphatic carbocycles. The second kappa shape index (κ2) is 7.27. The summed E-state index contributed by atoms with van der Waals surface area (Å²) in [6.07, 6.45) is 0.0645. The van der Waals surface area contributed by atoms with Crippen LogP contribution < -0.4 is 0 Å². The highest BCUT2D eigenvalue weighted by molar-refractivity contribution is 8.01. The molecule has 3 heterocycles. The smallest absolute Gasteiger partial charge is 0.339 e. The molecule has 28 heavy (non-hydrogen) atoms. The number of amides is 1. The van der Waals surface area contributed by atoms with Gasteiger partial charge in [0.25, 0.3) is 0 Å². The number of ether oxygens (including phenoxy) is 2. The molecule has 0 aromatic carbocycles. The maximum atomic E-state index is 12.8. The lowest BCUT2D eigenvalue weighted by Crippen LogP contribution is -2.47. The number of fused-ring (bicyclic) bond motifs is 1. The van der Waals surface area contributed by atoms with Gasteiger partial charge in [0.1, 0.15) is 6.04 Å². The first-order valence-electron chi connectivity index (χ1n) is 9.09. The number of carbonyl (C=O) groups is 4. The van der Waals surface area contributed by atoms with Gasteiger partial charge in [0.2, 0.25) is 11.7 Å². The number of ketones is 1. The molecule has 8 nitrogen and oxygen atoms in total. The van der Waals surface area contributed by atoms with Crippen molar-refractivity contribution >= 4 is 35.4 Å². The first-order chi connectivity index (χ1) is 13.1. The average Bonchev–Trinajstić information content (AvgIpc) is 3.24. The first kappa shape index (κ1) is 20.4. The van der Waals surface area contributed by atoms with Crippen LogP contribution in [0.15, 0.2) is 0 Å². The van der Waals surface area contributed by atoms with E-state index in [1.807, 2.05) is 6.92 Å². The van der Waals surface area contributed by atoms with Crippen molar-refractivity contribution in [1.29, 1.82) is 0 Å². The van der Waals surface area contributed by atoms with Gasteiger partial charge in [-0.3, -0.25) is 9.59 Å². The summed E-state index contributed by atoms with van der Waals surface area (Å²) in [4.78, 5) is 53.7. The molecule has 0 unspecified atom stereocenters. The number of aromatic amines is 1. The molecular weight excluding hydrogens is 384 g/mol. The van der Waals surface area contributed by atoms with E-state index in [4.69, 9.17) is 9.47 Å². The first-order valence-corrected chi connectivity index (χ1v) is 10.1. The average molecular weight is 408 g/mol. The van der Waals surface area contributed by atoms with Gasteiger partial charge in [-0.15, -0.1) is 11.8 Å². The van der Waals surface area contributed by atoms with Gasteiger partial charge in [-0.1, -0.05) is 0 Å². The zero-order valence-corrected chi connectivity index (χ0v) is 17.4. The van der Waals surface area contributed by atoms with Crippen molar-refractivity contribution in [3.8, 4) is 0 Å². The Balaban J connectivity index is 1.74. The van der Waals surface area contributed by atoms with Crippen LogP contribution in [0.25, 0.3) is 0 Å². The van der Waals surface area contributed by atoms with E-state index in [0.717, 1.165) is 0 Å². The fourth-order valence-corrected chi connectivity index (χ4v) is 5.33. The van der Waals surface area contributed by atoms with Crippen molar-refractivity contribution < 1.29 is 28.7 Å². The number of nitrogens with one attached hydrogen (secondary N) is 1. The molecule has 0 spiro atoms. The van der Waals surface area contributed by atoms with E-state index >= 15 is 0 Å². The Morgan fingerprint density at radius 2 is 2.00 bits per heavy atom. The van der Waals surface area contributed by atoms with Gasteiger partial charge in [0.15, 0.2) is 6.10 Å².